The maximum Gasteiger partial charge on any atom is 0.0719 e. The lowest BCUT2D eigenvalue weighted by atomic mass is 9.81. The van der Waals surface area contributed by atoms with Gasteiger partial charge in [-0.2, -0.15) is 0 Å². The summed E-state index contributed by atoms with van der Waals surface area (Å²) in [5, 5.41) is 9.44. The molecule has 1 aliphatic rings. The highest BCUT2D eigenvalue weighted by Crippen LogP contribution is 2.26. The Morgan fingerprint density at radius 3 is 2.94 bits per heavy atom. The van der Waals surface area contributed by atoms with Crippen LogP contribution in [0.15, 0.2) is 18.2 Å². The number of hydrogen-bond donors (Lipinski definition) is 2. The van der Waals surface area contributed by atoms with Gasteiger partial charge in [0.25, 0.3) is 0 Å². The van der Waals surface area contributed by atoms with E-state index in [9.17, 15) is 5.11 Å². The van der Waals surface area contributed by atoms with Crippen LogP contribution in [0.4, 0.5) is 0 Å². The van der Waals surface area contributed by atoms with Gasteiger partial charge in [-0.05, 0) is 23.1 Å². The molecule has 0 bridgehead atoms. The minimum Gasteiger partial charge on any atom is -0.395 e. The molecular formula is C13H19NO2. The molecule has 88 valence electrons. The second-order valence-corrected chi connectivity index (χ2v) is 4.71. The van der Waals surface area contributed by atoms with Crippen molar-refractivity contribution in [2.45, 2.75) is 25.4 Å². The van der Waals surface area contributed by atoms with Crippen molar-refractivity contribution >= 4 is 0 Å². The minimum atomic E-state index is -0.326. The third-order valence-corrected chi connectivity index (χ3v) is 3.48. The Kier molecular flexibility index (Phi) is 3.28. The van der Waals surface area contributed by atoms with Crippen LogP contribution in [0.5, 0.6) is 0 Å². The van der Waals surface area contributed by atoms with Crippen LogP contribution >= 0.6 is 0 Å². The van der Waals surface area contributed by atoms with Crippen molar-refractivity contribution in [1.82, 2.24) is 0 Å². The first-order chi connectivity index (χ1) is 7.69. The molecule has 3 heteroatoms. The molecule has 0 amide bonds. The number of nitrogens with two attached hydrogens (primary N) is 1. The van der Waals surface area contributed by atoms with E-state index < -0.39 is 0 Å². The summed E-state index contributed by atoms with van der Waals surface area (Å²) >= 11 is 0. The Labute approximate surface area is 96.2 Å². The minimum absolute atomic E-state index is 0.0821. The summed E-state index contributed by atoms with van der Waals surface area (Å²) in [6.45, 7) is 4.02. The number of rotatable bonds is 3. The Balaban J connectivity index is 2.36. The zero-order chi connectivity index (χ0) is 11.6. The number of aliphatic hydroxyl groups is 1. The predicted molar refractivity (Wildman–Crippen MR) is 63.3 cm³/mol. The van der Waals surface area contributed by atoms with Gasteiger partial charge < -0.3 is 15.6 Å². The molecule has 0 spiro atoms. The van der Waals surface area contributed by atoms with Crippen molar-refractivity contribution in [2.75, 3.05) is 19.8 Å². The quantitative estimate of drug-likeness (QED) is 0.799. The van der Waals surface area contributed by atoms with Crippen LogP contribution in [0.25, 0.3) is 0 Å². The largest absolute Gasteiger partial charge is 0.395 e. The van der Waals surface area contributed by atoms with Gasteiger partial charge >= 0.3 is 0 Å². The van der Waals surface area contributed by atoms with Gasteiger partial charge in [0.1, 0.15) is 0 Å². The van der Waals surface area contributed by atoms with Crippen LogP contribution < -0.4 is 5.73 Å². The highest BCUT2D eigenvalue weighted by atomic mass is 16.5. The summed E-state index contributed by atoms with van der Waals surface area (Å²) in [5.74, 6) is 0. The molecule has 1 aliphatic heterocycles. The van der Waals surface area contributed by atoms with Crippen LogP contribution in [-0.2, 0) is 23.2 Å². The van der Waals surface area contributed by atoms with Crippen molar-refractivity contribution < 1.29 is 9.84 Å². The number of fused-ring (bicyclic) bond motifs is 1. The fourth-order valence-corrected chi connectivity index (χ4v) is 2.01. The Morgan fingerprint density at radius 2 is 2.25 bits per heavy atom. The fourth-order valence-electron chi connectivity index (χ4n) is 2.01. The lowest BCUT2D eigenvalue weighted by Gasteiger charge is -2.28. The molecule has 1 heterocycles. The lowest BCUT2D eigenvalue weighted by Crippen LogP contribution is -2.35. The molecule has 3 N–H and O–H groups in total. The van der Waals surface area contributed by atoms with E-state index in [2.05, 4.69) is 18.2 Å². The molecule has 0 aliphatic carbocycles. The van der Waals surface area contributed by atoms with Gasteiger partial charge in [0.15, 0.2) is 0 Å². The lowest BCUT2D eigenvalue weighted by molar-refractivity contribution is 0.110. The van der Waals surface area contributed by atoms with E-state index in [0.717, 1.165) is 18.6 Å². The molecule has 16 heavy (non-hydrogen) atoms. The first-order valence-electron chi connectivity index (χ1n) is 5.70. The number of hydrogen-bond acceptors (Lipinski definition) is 3. The average Bonchev–Trinajstić information content (AvgIpc) is 2.37. The number of aliphatic hydroxyl groups excluding tert-OH is 1. The van der Waals surface area contributed by atoms with Crippen LogP contribution in [0, 0.1) is 0 Å². The first-order valence-corrected chi connectivity index (χ1v) is 5.70. The van der Waals surface area contributed by atoms with Crippen LogP contribution in [0.1, 0.15) is 23.6 Å². The topological polar surface area (TPSA) is 55.5 Å². The van der Waals surface area contributed by atoms with Gasteiger partial charge in [0.2, 0.25) is 0 Å². The van der Waals surface area contributed by atoms with Crippen LogP contribution in [0.2, 0.25) is 0 Å². The second-order valence-electron chi connectivity index (χ2n) is 4.71. The molecule has 0 saturated heterocycles. The van der Waals surface area contributed by atoms with Gasteiger partial charge in [-0.25, -0.2) is 0 Å². The summed E-state index contributed by atoms with van der Waals surface area (Å²) < 4.78 is 5.40. The summed E-state index contributed by atoms with van der Waals surface area (Å²) in [5.41, 5.74) is 9.13. The van der Waals surface area contributed by atoms with Gasteiger partial charge in [-0.3, -0.25) is 0 Å². The van der Waals surface area contributed by atoms with E-state index in [1.165, 1.54) is 11.1 Å². The van der Waals surface area contributed by atoms with Crippen LogP contribution in [0.3, 0.4) is 0 Å². The molecular weight excluding hydrogens is 202 g/mol. The fraction of sp³-hybridized carbons (Fsp3) is 0.538. The van der Waals surface area contributed by atoms with E-state index in [-0.39, 0.29) is 12.0 Å². The molecule has 1 aromatic carbocycles. The molecule has 0 radical (unpaired) electrons. The molecule has 0 fully saturated rings. The Bertz CT molecular complexity index is 372. The third kappa shape index (κ3) is 1.98. The van der Waals surface area contributed by atoms with E-state index in [0.29, 0.717) is 13.2 Å². The van der Waals surface area contributed by atoms with Gasteiger partial charge in [-0.15, -0.1) is 0 Å². The second kappa shape index (κ2) is 4.53. The molecule has 0 saturated carbocycles. The molecule has 1 atom stereocenters. The summed E-state index contributed by atoms with van der Waals surface area (Å²) in [6, 6.07) is 6.31. The van der Waals surface area contributed by atoms with E-state index in [1.807, 2.05) is 6.92 Å². The van der Waals surface area contributed by atoms with Crippen molar-refractivity contribution in [3.63, 3.8) is 0 Å². The molecule has 3 nitrogen and oxygen atoms in total. The zero-order valence-electron chi connectivity index (χ0n) is 9.70. The normalized spacial score (nSPS) is 18.9. The van der Waals surface area contributed by atoms with Crippen molar-refractivity contribution in [3.05, 3.63) is 34.9 Å². The highest BCUT2D eigenvalue weighted by Gasteiger charge is 2.25. The highest BCUT2D eigenvalue weighted by molar-refractivity contribution is 5.37. The smallest absolute Gasteiger partial charge is 0.0719 e. The maximum absolute atomic E-state index is 9.44. The zero-order valence-corrected chi connectivity index (χ0v) is 9.70. The van der Waals surface area contributed by atoms with Crippen molar-refractivity contribution in [3.8, 4) is 0 Å². The van der Waals surface area contributed by atoms with Crippen LogP contribution in [-0.4, -0.2) is 24.9 Å². The predicted octanol–water partition coefficient (Wildman–Crippen LogP) is 0.968. The SMILES string of the molecule is CC(CN)(CO)c1ccc2c(c1)CCOC2. The standard InChI is InChI=1S/C13H19NO2/c1-13(8-14,9-15)12-3-2-11-7-16-5-4-10(11)6-12/h2-3,6,15H,4-5,7-9,14H2,1H3. The monoisotopic (exact) mass is 221 g/mol. The van der Waals surface area contributed by atoms with E-state index >= 15 is 0 Å². The van der Waals surface area contributed by atoms with Gasteiger partial charge in [0.05, 0.1) is 19.8 Å². The maximum atomic E-state index is 9.44. The van der Waals surface area contributed by atoms with E-state index in [1.54, 1.807) is 0 Å². The molecule has 0 aromatic heterocycles. The number of benzene rings is 1. The summed E-state index contributed by atoms with van der Waals surface area (Å²) in [4.78, 5) is 0. The molecule has 1 unspecified atom stereocenters. The Morgan fingerprint density at radius 1 is 1.44 bits per heavy atom. The molecule has 2 rings (SSSR count). The summed E-state index contributed by atoms with van der Waals surface area (Å²) in [6.07, 6.45) is 0.954. The number of ether oxygens (including phenoxy) is 1. The molecule has 1 aromatic rings. The van der Waals surface area contributed by atoms with Crippen molar-refractivity contribution in [2.24, 2.45) is 5.73 Å². The Hall–Kier alpha value is -0.900. The van der Waals surface area contributed by atoms with Gasteiger partial charge in [-0.1, -0.05) is 25.1 Å². The van der Waals surface area contributed by atoms with Crippen molar-refractivity contribution in [1.29, 1.82) is 0 Å². The first kappa shape index (κ1) is 11.6. The average molecular weight is 221 g/mol. The summed E-state index contributed by atoms with van der Waals surface area (Å²) in [7, 11) is 0. The van der Waals surface area contributed by atoms with Gasteiger partial charge in [0, 0.05) is 12.0 Å². The third-order valence-electron chi connectivity index (χ3n) is 3.48. The van der Waals surface area contributed by atoms with E-state index in [4.69, 9.17) is 10.5 Å².